The minimum absolute atomic E-state index is 0.0597. The number of nitrogens with one attached hydrogen (secondary N) is 2. The maximum Gasteiger partial charge on any atom is 0.269 e. The van der Waals surface area contributed by atoms with Gasteiger partial charge in [0.15, 0.2) is 0 Å². The van der Waals surface area contributed by atoms with Crippen molar-refractivity contribution in [1.29, 1.82) is 0 Å². The number of halogens is 2. The van der Waals surface area contributed by atoms with E-state index in [9.17, 15) is 9.18 Å². The fourth-order valence-corrected chi connectivity index (χ4v) is 2.98. The molecule has 0 unspecified atom stereocenters. The van der Waals surface area contributed by atoms with E-state index in [-0.39, 0.29) is 16.6 Å². The molecule has 4 aromatic rings. The quantitative estimate of drug-likeness (QED) is 0.455. The minimum atomic E-state index is -0.508. The minimum Gasteiger partial charge on any atom is -0.457 e. The molecule has 2 aromatic heterocycles. The molecule has 1 amide bonds. The number of carbonyl (C=O) groups excluding carboxylic acids is 1. The van der Waals surface area contributed by atoms with Gasteiger partial charge in [-0.25, -0.2) is 9.37 Å². The Morgan fingerprint density at radius 2 is 1.97 bits per heavy atom. The molecule has 0 fully saturated rings. The van der Waals surface area contributed by atoms with Crippen LogP contribution in [0.2, 0.25) is 5.02 Å². The van der Waals surface area contributed by atoms with Crippen molar-refractivity contribution in [3.05, 3.63) is 83.4 Å². The lowest BCUT2D eigenvalue weighted by Crippen LogP contribution is -2.18. The van der Waals surface area contributed by atoms with Crippen LogP contribution < -0.4 is 15.4 Å². The molecule has 2 aromatic carbocycles. The molecule has 0 aliphatic heterocycles. The van der Waals surface area contributed by atoms with Crippen LogP contribution in [0.25, 0.3) is 10.9 Å². The summed E-state index contributed by atoms with van der Waals surface area (Å²) >= 11 is 5.72. The zero-order valence-corrected chi connectivity index (χ0v) is 16.6. The van der Waals surface area contributed by atoms with Crippen LogP contribution in [0, 0.1) is 5.82 Å². The van der Waals surface area contributed by atoms with Gasteiger partial charge in [-0.05, 0) is 48.5 Å². The number of fused-ring (bicyclic) bond motifs is 1. The number of ether oxygens (including phenoxy) is 1. The van der Waals surface area contributed by atoms with Crippen LogP contribution in [-0.2, 0) is 0 Å². The molecule has 0 spiro atoms. The number of aromatic nitrogens is 2. The molecule has 150 valence electrons. The Hall–Kier alpha value is -3.71. The Balaban J connectivity index is 1.61. The van der Waals surface area contributed by atoms with Crippen molar-refractivity contribution < 1.29 is 13.9 Å². The third kappa shape index (κ3) is 4.16. The Morgan fingerprint density at radius 1 is 1.10 bits per heavy atom. The summed E-state index contributed by atoms with van der Waals surface area (Å²) in [4.78, 5) is 20.4. The number of amides is 1. The van der Waals surface area contributed by atoms with Crippen molar-refractivity contribution in [3.8, 4) is 11.5 Å². The van der Waals surface area contributed by atoms with Gasteiger partial charge in [-0.1, -0.05) is 17.7 Å². The molecule has 30 heavy (non-hydrogen) atoms. The number of nitrogens with zero attached hydrogens (tertiary/aromatic N) is 2. The third-order valence-electron chi connectivity index (χ3n) is 4.30. The van der Waals surface area contributed by atoms with Crippen LogP contribution in [0.4, 0.5) is 15.9 Å². The zero-order chi connectivity index (χ0) is 21.1. The van der Waals surface area contributed by atoms with E-state index in [1.54, 1.807) is 24.3 Å². The van der Waals surface area contributed by atoms with Gasteiger partial charge < -0.3 is 15.4 Å². The second kappa shape index (κ2) is 8.34. The smallest absolute Gasteiger partial charge is 0.269 e. The van der Waals surface area contributed by atoms with E-state index in [4.69, 9.17) is 16.3 Å². The molecule has 0 aliphatic rings. The predicted molar refractivity (Wildman–Crippen MR) is 114 cm³/mol. The average molecular weight is 423 g/mol. The van der Waals surface area contributed by atoms with Gasteiger partial charge in [0.1, 0.15) is 28.8 Å². The Kier molecular flexibility index (Phi) is 5.45. The lowest BCUT2D eigenvalue weighted by Gasteiger charge is -2.11. The summed E-state index contributed by atoms with van der Waals surface area (Å²) in [6.45, 7) is 0. The molecule has 0 saturated carbocycles. The summed E-state index contributed by atoms with van der Waals surface area (Å²) in [6.07, 6.45) is 1.51. The van der Waals surface area contributed by atoms with E-state index in [1.807, 2.05) is 24.3 Å². The maximum absolute atomic E-state index is 13.7. The second-order valence-corrected chi connectivity index (χ2v) is 6.74. The van der Waals surface area contributed by atoms with Crippen LogP contribution in [0.3, 0.4) is 0 Å². The summed E-state index contributed by atoms with van der Waals surface area (Å²) in [6, 6.07) is 16.8. The monoisotopic (exact) mass is 422 g/mol. The molecule has 0 bridgehead atoms. The fourth-order valence-electron chi connectivity index (χ4n) is 2.86. The average Bonchev–Trinajstić information content (AvgIpc) is 2.76. The number of carbonyl (C=O) groups is 1. The van der Waals surface area contributed by atoms with Crippen LogP contribution >= 0.6 is 11.6 Å². The first-order chi connectivity index (χ1) is 14.5. The van der Waals surface area contributed by atoms with Crippen molar-refractivity contribution >= 4 is 39.9 Å². The van der Waals surface area contributed by atoms with Crippen LogP contribution in [0.1, 0.15) is 10.5 Å². The number of pyridine rings is 2. The molecule has 4 rings (SSSR count). The van der Waals surface area contributed by atoms with Crippen molar-refractivity contribution in [3.63, 3.8) is 0 Å². The van der Waals surface area contributed by atoms with E-state index in [2.05, 4.69) is 20.6 Å². The number of rotatable bonds is 5. The zero-order valence-electron chi connectivity index (χ0n) is 15.8. The van der Waals surface area contributed by atoms with Gasteiger partial charge in [-0.2, -0.15) is 0 Å². The van der Waals surface area contributed by atoms with E-state index in [1.165, 1.54) is 25.4 Å². The SMILES string of the molecule is CNC(=O)c1cc(Oc2cccc3nc(Nc4ccc(Cl)c(F)c4)ccc23)ccn1. The van der Waals surface area contributed by atoms with Gasteiger partial charge >= 0.3 is 0 Å². The molecule has 0 atom stereocenters. The predicted octanol–water partition coefficient (Wildman–Crippen LogP) is 5.32. The molecule has 2 N–H and O–H groups in total. The topological polar surface area (TPSA) is 76.1 Å². The largest absolute Gasteiger partial charge is 0.457 e. The standard InChI is InChI=1S/C22H16ClFN4O2/c1-25-22(29)19-12-14(9-10-26-19)30-20-4-2-3-18-15(20)6-8-21(28-18)27-13-5-7-16(23)17(24)11-13/h2-12H,1H3,(H,25,29)(H,27,28). The van der Waals surface area contributed by atoms with Crippen LogP contribution in [-0.4, -0.2) is 22.9 Å². The molecule has 6 nitrogen and oxygen atoms in total. The highest BCUT2D eigenvalue weighted by atomic mass is 35.5. The first kappa shape index (κ1) is 19.6. The van der Waals surface area contributed by atoms with Gasteiger partial charge in [0.25, 0.3) is 5.91 Å². The first-order valence-electron chi connectivity index (χ1n) is 9.01. The maximum atomic E-state index is 13.7. The summed E-state index contributed by atoms with van der Waals surface area (Å²) in [5.74, 6) is 0.807. The van der Waals surface area contributed by atoms with E-state index >= 15 is 0 Å². The van der Waals surface area contributed by atoms with Gasteiger partial charge in [-0.15, -0.1) is 0 Å². The van der Waals surface area contributed by atoms with E-state index in [0.29, 0.717) is 28.5 Å². The highest BCUT2D eigenvalue weighted by Crippen LogP contribution is 2.31. The van der Waals surface area contributed by atoms with Crippen molar-refractivity contribution in [2.75, 3.05) is 12.4 Å². The molecular weight excluding hydrogens is 407 g/mol. The first-order valence-corrected chi connectivity index (χ1v) is 9.39. The Morgan fingerprint density at radius 3 is 2.77 bits per heavy atom. The molecule has 0 radical (unpaired) electrons. The van der Waals surface area contributed by atoms with Gasteiger partial charge in [0, 0.05) is 30.4 Å². The summed E-state index contributed by atoms with van der Waals surface area (Å²) < 4.78 is 19.6. The number of benzene rings is 2. The molecule has 0 saturated heterocycles. The number of anilines is 2. The molecule has 2 heterocycles. The summed E-state index contributed by atoms with van der Waals surface area (Å²) in [5, 5.41) is 6.43. The normalized spacial score (nSPS) is 10.6. The highest BCUT2D eigenvalue weighted by Gasteiger charge is 2.10. The highest BCUT2D eigenvalue weighted by molar-refractivity contribution is 6.30. The molecule has 8 heteroatoms. The van der Waals surface area contributed by atoms with Crippen molar-refractivity contribution in [1.82, 2.24) is 15.3 Å². The van der Waals surface area contributed by atoms with Crippen LogP contribution in [0.15, 0.2) is 66.9 Å². The number of hydrogen-bond donors (Lipinski definition) is 2. The summed E-state index contributed by atoms with van der Waals surface area (Å²) in [5.41, 5.74) is 1.48. The second-order valence-electron chi connectivity index (χ2n) is 6.33. The number of hydrogen-bond acceptors (Lipinski definition) is 5. The molecule has 0 aliphatic carbocycles. The Bertz CT molecular complexity index is 1250. The van der Waals surface area contributed by atoms with Crippen molar-refractivity contribution in [2.45, 2.75) is 0 Å². The lowest BCUT2D eigenvalue weighted by molar-refractivity contribution is 0.0958. The summed E-state index contributed by atoms with van der Waals surface area (Å²) in [7, 11) is 1.54. The van der Waals surface area contributed by atoms with E-state index < -0.39 is 5.82 Å². The van der Waals surface area contributed by atoms with Gasteiger partial charge in [0.2, 0.25) is 0 Å². The van der Waals surface area contributed by atoms with Crippen molar-refractivity contribution in [2.24, 2.45) is 0 Å². The van der Waals surface area contributed by atoms with E-state index in [0.717, 1.165) is 5.39 Å². The van der Waals surface area contributed by atoms with Gasteiger partial charge in [-0.3, -0.25) is 9.78 Å². The lowest BCUT2D eigenvalue weighted by atomic mass is 10.2. The Labute approximate surface area is 176 Å². The molecular formula is C22H16ClFN4O2. The van der Waals surface area contributed by atoms with Crippen LogP contribution in [0.5, 0.6) is 11.5 Å². The van der Waals surface area contributed by atoms with Gasteiger partial charge in [0.05, 0.1) is 10.5 Å². The fraction of sp³-hybridized carbons (Fsp3) is 0.0455. The third-order valence-corrected chi connectivity index (χ3v) is 4.61.